The number of hydrogen-bond donors (Lipinski definition) is 1. The molecule has 0 aliphatic heterocycles. The summed E-state index contributed by atoms with van der Waals surface area (Å²) in [4.78, 5) is 17.4. The van der Waals surface area contributed by atoms with Crippen molar-refractivity contribution in [2.24, 2.45) is 0 Å². The van der Waals surface area contributed by atoms with Crippen molar-refractivity contribution in [3.8, 4) is 12.3 Å². The Bertz CT molecular complexity index is 1140. The predicted molar refractivity (Wildman–Crippen MR) is 102 cm³/mol. The number of aryl methyl sites for hydroxylation is 1. The van der Waals surface area contributed by atoms with Gasteiger partial charge in [-0.2, -0.15) is 0 Å². The van der Waals surface area contributed by atoms with Crippen molar-refractivity contribution >= 4 is 50.3 Å². The maximum atomic E-state index is 13.9. The zero-order chi connectivity index (χ0) is 18.1. The van der Waals surface area contributed by atoms with Crippen LogP contribution in [0.5, 0.6) is 0 Å². The van der Waals surface area contributed by atoms with E-state index in [1.54, 1.807) is 12.1 Å². The summed E-state index contributed by atoms with van der Waals surface area (Å²) in [7, 11) is 0. The lowest BCUT2D eigenvalue weighted by Gasteiger charge is -2.05. The minimum atomic E-state index is -0.274. The first kappa shape index (κ1) is 16.8. The number of nitrogen functional groups attached to an aromatic ring is 1. The number of fused-ring (bicyclic) bond motifs is 2. The van der Waals surface area contributed by atoms with Crippen LogP contribution in [0.3, 0.4) is 0 Å². The van der Waals surface area contributed by atoms with Crippen molar-refractivity contribution in [1.82, 2.24) is 24.5 Å². The van der Waals surface area contributed by atoms with Gasteiger partial charge in [0.05, 0.1) is 10.2 Å². The summed E-state index contributed by atoms with van der Waals surface area (Å²) < 4.78 is 17.1. The van der Waals surface area contributed by atoms with Crippen molar-refractivity contribution in [1.29, 1.82) is 0 Å². The molecule has 0 amide bonds. The van der Waals surface area contributed by atoms with Gasteiger partial charge in [0, 0.05) is 13.0 Å². The van der Waals surface area contributed by atoms with E-state index >= 15 is 0 Å². The van der Waals surface area contributed by atoms with Gasteiger partial charge in [0.25, 0.3) is 0 Å². The highest BCUT2D eigenvalue weighted by atomic mass is 32.2. The summed E-state index contributed by atoms with van der Waals surface area (Å²) in [5, 5.41) is 0.684. The number of nitrogens with two attached hydrogens (primary N) is 1. The number of rotatable bonds is 5. The maximum absolute atomic E-state index is 13.9. The first-order chi connectivity index (χ1) is 12.7. The zero-order valence-electron chi connectivity index (χ0n) is 13.5. The molecule has 26 heavy (non-hydrogen) atoms. The molecule has 3 heterocycles. The second-order valence-electron chi connectivity index (χ2n) is 5.45. The molecule has 0 aliphatic rings. The summed E-state index contributed by atoms with van der Waals surface area (Å²) in [6.45, 7) is 0.652. The average Bonchev–Trinajstić information content (AvgIpc) is 3.19. The number of anilines is 1. The Morgan fingerprint density at radius 1 is 1.31 bits per heavy atom. The number of unbranched alkanes of at least 4 members (excludes halogenated alkanes) is 1. The smallest absolute Gasteiger partial charge is 0.177 e. The van der Waals surface area contributed by atoms with Crippen molar-refractivity contribution in [2.45, 2.75) is 28.9 Å². The van der Waals surface area contributed by atoms with E-state index in [4.69, 9.17) is 12.2 Å². The van der Waals surface area contributed by atoms with Crippen LogP contribution in [0.2, 0.25) is 0 Å². The summed E-state index contributed by atoms with van der Waals surface area (Å²) in [5.41, 5.74) is 7.77. The molecule has 0 bridgehead atoms. The molecule has 4 rings (SSSR count). The summed E-state index contributed by atoms with van der Waals surface area (Å²) in [5.74, 6) is 2.68. The van der Waals surface area contributed by atoms with Crippen molar-refractivity contribution in [2.75, 3.05) is 5.73 Å². The van der Waals surface area contributed by atoms with Crippen LogP contribution in [0.15, 0.2) is 34.0 Å². The van der Waals surface area contributed by atoms with Crippen LogP contribution in [0.1, 0.15) is 12.8 Å². The number of imidazole rings is 1. The van der Waals surface area contributed by atoms with Gasteiger partial charge in [-0.1, -0.05) is 6.07 Å². The summed E-state index contributed by atoms with van der Waals surface area (Å²) in [6.07, 6.45) is 8.20. The van der Waals surface area contributed by atoms with Gasteiger partial charge in [0.2, 0.25) is 0 Å². The molecular weight excluding hydrogens is 371 g/mol. The lowest BCUT2D eigenvalue weighted by Crippen LogP contribution is -2.01. The average molecular weight is 384 g/mol. The van der Waals surface area contributed by atoms with Crippen LogP contribution in [0, 0.1) is 18.2 Å². The van der Waals surface area contributed by atoms with E-state index in [9.17, 15) is 4.39 Å². The Hall–Kier alpha value is -2.70. The number of nitrogens with zero attached hydrogens (tertiary/aromatic N) is 5. The minimum Gasteiger partial charge on any atom is -0.382 e. The lowest BCUT2D eigenvalue weighted by atomic mass is 10.3. The van der Waals surface area contributed by atoms with Crippen LogP contribution < -0.4 is 5.73 Å². The van der Waals surface area contributed by atoms with Crippen LogP contribution in [0.25, 0.3) is 21.4 Å². The highest BCUT2D eigenvalue weighted by molar-refractivity contribution is 8.01. The number of halogens is 1. The Morgan fingerprint density at radius 2 is 2.19 bits per heavy atom. The van der Waals surface area contributed by atoms with Gasteiger partial charge in [0.15, 0.2) is 26.5 Å². The van der Waals surface area contributed by atoms with E-state index in [1.165, 1.54) is 35.5 Å². The second kappa shape index (κ2) is 6.90. The van der Waals surface area contributed by atoms with E-state index in [0.717, 1.165) is 6.42 Å². The molecular formula is C17H13FN6S2. The summed E-state index contributed by atoms with van der Waals surface area (Å²) >= 11 is 2.65. The summed E-state index contributed by atoms with van der Waals surface area (Å²) in [6, 6.07) is 4.87. The number of thiazole rings is 1. The molecule has 0 saturated carbocycles. The molecule has 0 aliphatic carbocycles. The van der Waals surface area contributed by atoms with E-state index in [2.05, 4.69) is 25.9 Å². The van der Waals surface area contributed by atoms with Crippen LogP contribution in [-0.4, -0.2) is 24.5 Å². The van der Waals surface area contributed by atoms with Gasteiger partial charge in [-0.25, -0.2) is 24.3 Å². The topological polar surface area (TPSA) is 82.5 Å². The highest BCUT2D eigenvalue weighted by Gasteiger charge is 2.18. The third-order valence-electron chi connectivity index (χ3n) is 3.75. The molecule has 0 radical (unpaired) electrons. The zero-order valence-corrected chi connectivity index (χ0v) is 15.1. The largest absolute Gasteiger partial charge is 0.382 e. The fourth-order valence-electron chi connectivity index (χ4n) is 2.57. The van der Waals surface area contributed by atoms with E-state index < -0.39 is 0 Å². The molecule has 9 heteroatoms. The molecule has 0 atom stereocenters. The van der Waals surface area contributed by atoms with Gasteiger partial charge >= 0.3 is 0 Å². The van der Waals surface area contributed by atoms with Crippen LogP contribution in [0.4, 0.5) is 10.2 Å². The Labute approximate surface area is 156 Å². The normalized spacial score (nSPS) is 11.2. The molecule has 130 valence electrons. The molecule has 0 saturated heterocycles. The number of benzene rings is 1. The van der Waals surface area contributed by atoms with Crippen molar-refractivity contribution in [3.63, 3.8) is 0 Å². The van der Waals surface area contributed by atoms with Gasteiger partial charge < -0.3 is 10.3 Å². The van der Waals surface area contributed by atoms with E-state index in [1.807, 2.05) is 4.57 Å². The Kier molecular flexibility index (Phi) is 4.44. The van der Waals surface area contributed by atoms with Crippen LogP contribution >= 0.6 is 23.1 Å². The number of aromatic nitrogens is 5. The molecule has 6 nitrogen and oxygen atoms in total. The molecule has 0 spiro atoms. The maximum Gasteiger partial charge on any atom is 0.177 e. The van der Waals surface area contributed by atoms with Gasteiger partial charge in [-0.05, 0) is 30.3 Å². The third kappa shape index (κ3) is 2.98. The van der Waals surface area contributed by atoms with Crippen molar-refractivity contribution < 1.29 is 4.39 Å². The van der Waals surface area contributed by atoms with Crippen molar-refractivity contribution in [3.05, 3.63) is 30.3 Å². The van der Waals surface area contributed by atoms with Gasteiger partial charge in [0.1, 0.15) is 12.1 Å². The molecule has 2 N–H and O–H groups in total. The first-order valence-electron chi connectivity index (χ1n) is 7.80. The fourth-order valence-corrected chi connectivity index (χ4v) is 4.64. The predicted octanol–water partition coefficient (Wildman–Crippen LogP) is 3.72. The molecule has 3 aromatic heterocycles. The Balaban J connectivity index is 1.76. The van der Waals surface area contributed by atoms with E-state index in [0.29, 0.717) is 49.7 Å². The van der Waals surface area contributed by atoms with E-state index in [-0.39, 0.29) is 5.82 Å². The van der Waals surface area contributed by atoms with Gasteiger partial charge in [-0.15, -0.1) is 23.7 Å². The minimum absolute atomic E-state index is 0.274. The fraction of sp³-hybridized carbons (Fsp3) is 0.176. The standard InChI is InChI=1S/C17H13FN6S2/c1-2-3-4-8-24-15-12(14(19)20-9-21-15)23-16(24)26-17-22-11-7-5-6-10(18)13(11)25-17/h1,5-7,9H,3-4,8H2,(H2,19,20,21). The highest BCUT2D eigenvalue weighted by Crippen LogP contribution is 2.36. The molecule has 0 unspecified atom stereocenters. The monoisotopic (exact) mass is 384 g/mol. The SMILES string of the molecule is C#CCCCn1c(Sc2nc3cccc(F)c3s2)nc2c(N)ncnc21. The molecule has 4 aromatic rings. The number of hydrogen-bond acceptors (Lipinski definition) is 7. The lowest BCUT2D eigenvalue weighted by molar-refractivity contribution is 0.615. The number of terminal acetylenes is 1. The molecule has 0 fully saturated rings. The quantitative estimate of drug-likeness (QED) is 0.417. The second-order valence-corrected chi connectivity index (χ2v) is 7.67. The molecule has 1 aromatic carbocycles. The van der Waals surface area contributed by atoms with Crippen LogP contribution in [-0.2, 0) is 6.54 Å². The first-order valence-corrected chi connectivity index (χ1v) is 9.43. The Morgan fingerprint density at radius 3 is 3.00 bits per heavy atom. The third-order valence-corrected chi connectivity index (χ3v) is 5.89. The van der Waals surface area contributed by atoms with Gasteiger partial charge in [-0.3, -0.25) is 0 Å².